The Hall–Kier alpha value is -3.70. The highest BCUT2D eigenvalue weighted by atomic mass is 19.1. The number of rotatable bonds is 49. The van der Waals surface area contributed by atoms with Gasteiger partial charge in [-0.3, -0.25) is 9.69 Å². The summed E-state index contributed by atoms with van der Waals surface area (Å²) in [6.45, 7) is 17.8. The van der Waals surface area contributed by atoms with Gasteiger partial charge in [0.1, 0.15) is 17.3 Å². The normalized spacial score (nSPS) is 15.3. The van der Waals surface area contributed by atoms with Crippen molar-refractivity contribution in [3.8, 4) is 5.75 Å². The third kappa shape index (κ3) is 32.6. The van der Waals surface area contributed by atoms with Gasteiger partial charge in [-0.2, -0.15) is 0 Å². The van der Waals surface area contributed by atoms with Gasteiger partial charge in [0.2, 0.25) is 5.75 Å². The van der Waals surface area contributed by atoms with Crippen molar-refractivity contribution in [2.75, 3.05) is 205 Å². The zero-order valence-electron chi connectivity index (χ0n) is 43.9. The Morgan fingerprint density at radius 3 is 1.49 bits per heavy atom. The van der Waals surface area contributed by atoms with Crippen molar-refractivity contribution in [2.45, 2.75) is 44.9 Å². The van der Waals surface area contributed by atoms with E-state index in [2.05, 4.69) is 37.0 Å². The van der Waals surface area contributed by atoms with Crippen molar-refractivity contribution < 1.29 is 89.0 Å². The summed E-state index contributed by atoms with van der Waals surface area (Å²) in [5, 5.41) is 8.27. The van der Waals surface area contributed by atoms with Crippen LogP contribution in [0.4, 0.5) is 13.2 Å². The van der Waals surface area contributed by atoms with E-state index in [4.69, 9.17) is 66.3 Å². The van der Waals surface area contributed by atoms with Crippen LogP contribution < -0.4 is 4.74 Å². The number of hydrogen-bond acceptors (Lipinski definition) is 20. The predicted molar refractivity (Wildman–Crippen MR) is 266 cm³/mol. The van der Waals surface area contributed by atoms with Gasteiger partial charge in [-0.25, -0.2) is 17.9 Å². The Balaban J connectivity index is 0.772. The quantitative estimate of drug-likeness (QED) is 0.0529. The number of aromatic nitrogens is 3. The van der Waals surface area contributed by atoms with Crippen LogP contribution in [-0.4, -0.2) is 242 Å². The molecule has 1 aromatic carbocycles. The number of hydrogen-bond donors (Lipinski definition) is 0. The molecule has 1 unspecified atom stereocenters. The fraction of sp³-hybridized carbons (Fsp3) is 0.745. The van der Waals surface area contributed by atoms with E-state index in [1.54, 1.807) is 11.8 Å². The molecule has 2 heterocycles. The van der Waals surface area contributed by atoms with Gasteiger partial charge in [0.05, 0.1) is 191 Å². The van der Waals surface area contributed by atoms with Gasteiger partial charge in [0.25, 0.3) is 0 Å². The number of carbonyl (C=O) groups excluding carboxylic acids is 1. The van der Waals surface area contributed by atoms with Crippen LogP contribution in [0.1, 0.15) is 31.4 Å². The molecule has 0 amide bonds. The van der Waals surface area contributed by atoms with Crippen LogP contribution >= 0.6 is 0 Å². The molecule has 0 bridgehead atoms. The minimum atomic E-state index is -1.30. The number of halogens is 3. The molecule has 2 aromatic rings. The van der Waals surface area contributed by atoms with E-state index in [1.807, 2.05) is 12.3 Å². The Bertz CT molecular complexity index is 1770. The number of methoxy groups -OCH3 is 1. The second kappa shape index (κ2) is 43.3. The average molecular weight is 1080 g/mol. The first-order valence-corrected chi connectivity index (χ1v) is 26.1. The maximum Gasteiger partial charge on any atom is 0.313 e. The lowest BCUT2D eigenvalue weighted by Gasteiger charge is -2.34. The van der Waals surface area contributed by atoms with Crippen molar-refractivity contribution in [1.82, 2.24) is 24.8 Å². The summed E-state index contributed by atoms with van der Waals surface area (Å²) in [7, 11) is 1.69. The molecule has 4 rings (SSSR count). The summed E-state index contributed by atoms with van der Waals surface area (Å²) in [4.78, 5) is 16.7. The topological polar surface area (TPSA) is 193 Å². The second-order valence-corrected chi connectivity index (χ2v) is 16.9. The summed E-state index contributed by atoms with van der Waals surface area (Å²) in [6.07, 6.45) is 11.0. The van der Waals surface area contributed by atoms with Gasteiger partial charge < -0.3 is 76.0 Å². The number of unbranched alkanes of at least 4 members (excludes halogenated alkanes) is 1. The van der Waals surface area contributed by atoms with Crippen LogP contribution in [0.2, 0.25) is 0 Å². The number of nitrogens with zero attached hydrogens (tertiary/aromatic N) is 5. The summed E-state index contributed by atoms with van der Waals surface area (Å²) in [5.74, 6) is -4.66. The minimum Gasteiger partial charge on any atom is -0.497 e. The van der Waals surface area contributed by atoms with Gasteiger partial charge in [-0.05, 0) is 38.0 Å². The maximum atomic E-state index is 13.6. The largest absolute Gasteiger partial charge is 0.497 e. The lowest BCUT2D eigenvalue weighted by Crippen LogP contribution is -2.47. The predicted octanol–water partition coefficient (Wildman–Crippen LogP) is 3.66. The van der Waals surface area contributed by atoms with Gasteiger partial charge in [0.15, 0.2) is 11.6 Å². The molecule has 1 aromatic heterocycles. The first kappa shape index (κ1) is 63.8. The van der Waals surface area contributed by atoms with E-state index in [0.29, 0.717) is 157 Å². The highest BCUT2D eigenvalue weighted by Gasteiger charge is 2.18. The van der Waals surface area contributed by atoms with Crippen LogP contribution in [-0.2, 0) is 84.3 Å². The van der Waals surface area contributed by atoms with Crippen molar-refractivity contribution in [2.24, 2.45) is 0 Å². The summed E-state index contributed by atoms with van der Waals surface area (Å²) < 4.78 is 124. The summed E-state index contributed by atoms with van der Waals surface area (Å²) in [6, 6.07) is 0.852. The maximum absolute atomic E-state index is 13.6. The first-order valence-electron chi connectivity index (χ1n) is 26.1. The molecule has 75 heavy (non-hydrogen) atoms. The minimum absolute atomic E-state index is 0.0407. The highest BCUT2D eigenvalue weighted by molar-refractivity contribution is 5.72. The van der Waals surface area contributed by atoms with E-state index in [-0.39, 0.29) is 32.3 Å². The van der Waals surface area contributed by atoms with Crippen molar-refractivity contribution in [3.63, 3.8) is 0 Å². The van der Waals surface area contributed by atoms with Crippen LogP contribution in [0.25, 0.3) is 0 Å². The van der Waals surface area contributed by atoms with Crippen molar-refractivity contribution in [1.29, 1.82) is 0 Å². The Kier molecular flexibility index (Phi) is 36.9. The zero-order chi connectivity index (χ0) is 53.1. The molecule has 0 saturated carbocycles. The van der Waals surface area contributed by atoms with Crippen molar-refractivity contribution in [3.05, 3.63) is 65.5 Å². The lowest BCUT2D eigenvalue weighted by molar-refractivity contribution is -0.136. The standard InChI is InChI=1S/C51H82F3N5O16/c1-61-46-4-6-47(7-5-46)74-16-3-2-9-57-10-12-58(13-11-57)14-18-63-21-24-66-36-37-72-38-39-73-43-45-42-59(56-55-45)15-19-64-22-25-67-27-29-69-31-33-71-35-34-70-32-30-68-28-26-65-23-20-62-17-8-50(60)75-51-48(53)40-44(52)41-49(51)54/h4-6,40-42,47H,2-3,7-39,43H2,1H3. The molecule has 428 valence electrons. The van der Waals surface area contributed by atoms with E-state index in [1.165, 1.54) is 0 Å². The fourth-order valence-corrected chi connectivity index (χ4v) is 7.06. The number of ether oxygens (including phenoxy) is 15. The molecule has 0 radical (unpaired) electrons. The average Bonchev–Trinajstić information content (AvgIpc) is 3.87. The van der Waals surface area contributed by atoms with Crippen LogP contribution in [0.5, 0.6) is 5.75 Å². The second-order valence-electron chi connectivity index (χ2n) is 16.9. The van der Waals surface area contributed by atoms with Crippen LogP contribution in [0.15, 0.2) is 42.3 Å². The molecule has 0 N–H and O–H groups in total. The molecular formula is C51H82F3N5O16. The van der Waals surface area contributed by atoms with Gasteiger partial charge in [-0.15, -0.1) is 5.10 Å². The van der Waals surface area contributed by atoms with Crippen molar-refractivity contribution >= 4 is 5.97 Å². The summed E-state index contributed by atoms with van der Waals surface area (Å²) in [5.41, 5.74) is 0.737. The van der Waals surface area contributed by atoms with E-state index >= 15 is 0 Å². The molecule has 1 atom stereocenters. The molecule has 24 heteroatoms. The number of allylic oxidation sites excluding steroid dienone is 1. The number of benzene rings is 1. The third-order valence-electron chi connectivity index (χ3n) is 11.1. The molecule has 2 aliphatic rings. The molecule has 1 aliphatic carbocycles. The number of esters is 1. The first-order chi connectivity index (χ1) is 36.9. The van der Waals surface area contributed by atoms with Gasteiger partial charge >= 0.3 is 5.97 Å². The summed E-state index contributed by atoms with van der Waals surface area (Å²) >= 11 is 0. The fourth-order valence-electron chi connectivity index (χ4n) is 7.06. The molecule has 1 fully saturated rings. The van der Waals surface area contributed by atoms with E-state index in [9.17, 15) is 18.0 Å². The van der Waals surface area contributed by atoms with E-state index < -0.39 is 29.2 Å². The molecule has 1 aliphatic heterocycles. The number of piperazine rings is 1. The Labute approximate surface area is 439 Å². The third-order valence-corrected chi connectivity index (χ3v) is 11.1. The smallest absolute Gasteiger partial charge is 0.313 e. The van der Waals surface area contributed by atoms with Crippen LogP contribution in [0.3, 0.4) is 0 Å². The zero-order valence-corrected chi connectivity index (χ0v) is 43.9. The number of carbonyl (C=O) groups is 1. The Morgan fingerprint density at radius 1 is 0.560 bits per heavy atom. The van der Waals surface area contributed by atoms with Crippen LogP contribution in [0, 0.1) is 17.5 Å². The highest BCUT2D eigenvalue weighted by Crippen LogP contribution is 2.23. The molecule has 1 saturated heterocycles. The molecular weight excluding hydrogens is 996 g/mol. The Morgan fingerprint density at radius 2 is 1.01 bits per heavy atom. The molecule has 21 nitrogen and oxygen atoms in total. The van der Waals surface area contributed by atoms with Gasteiger partial charge in [-0.1, -0.05) is 11.3 Å². The van der Waals surface area contributed by atoms with E-state index in [0.717, 1.165) is 76.6 Å². The monoisotopic (exact) mass is 1080 g/mol. The molecule has 0 spiro atoms. The van der Waals surface area contributed by atoms with Gasteiger partial charge in [0, 0.05) is 51.5 Å². The SMILES string of the molecule is COC1=CCC(OCCCCN2CCN(CCOCCOCCOCCOCc3cn(CCOCCOCCOCCOCCOCCOCCOCCOCCC(=O)Oc4c(F)cc(F)cc4F)nn3)CC2)C=C1. The lowest BCUT2D eigenvalue weighted by atomic mass is 10.1.